The van der Waals surface area contributed by atoms with Crippen molar-refractivity contribution >= 4 is 0 Å². The molecular formula is C13H20F6. The monoisotopic (exact) mass is 290 g/mol. The van der Waals surface area contributed by atoms with Gasteiger partial charge in [-0.15, -0.1) is 0 Å². The molecule has 0 N–H and O–H groups in total. The van der Waals surface area contributed by atoms with E-state index < -0.39 is 18.3 Å². The van der Waals surface area contributed by atoms with Crippen molar-refractivity contribution < 1.29 is 26.3 Å². The zero-order valence-electron chi connectivity index (χ0n) is 11.3. The summed E-state index contributed by atoms with van der Waals surface area (Å²) in [6, 6.07) is 0. The van der Waals surface area contributed by atoms with Crippen LogP contribution in [0.25, 0.3) is 0 Å². The summed E-state index contributed by atoms with van der Waals surface area (Å²) in [4.78, 5) is 0. The summed E-state index contributed by atoms with van der Waals surface area (Å²) in [6.07, 6.45) is -6.52. The molecule has 0 saturated heterocycles. The van der Waals surface area contributed by atoms with Crippen LogP contribution in [-0.2, 0) is 0 Å². The lowest BCUT2D eigenvalue weighted by Gasteiger charge is -2.24. The molecule has 0 unspecified atom stereocenters. The van der Waals surface area contributed by atoms with Crippen LogP contribution in [0.15, 0.2) is 12.2 Å². The van der Waals surface area contributed by atoms with Crippen molar-refractivity contribution in [1.29, 1.82) is 0 Å². The van der Waals surface area contributed by atoms with E-state index in [9.17, 15) is 26.3 Å². The number of halogens is 6. The molecule has 0 nitrogen and oxygen atoms in total. The first-order chi connectivity index (χ1) is 8.40. The topological polar surface area (TPSA) is 0 Å². The maximum Gasteiger partial charge on any atom is 0.403 e. The molecule has 0 amide bonds. The second-order valence-corrected chi connectivity index (χ2v) is 5.46. The van der Waals surface area contributed by atoms with Gasteiger partial charge in [-0.2, -0.15) is 26.3 Å². The van der Waals surface area contributed by atoms with E-state index in [1.807, 2.05) is 20.8 Å². The molecule has 0 saturated carbocycles. The smallest absolute Gasteiger partial charge is 0.170 e. The average molecular weight is 290 g/mol. The largest absolute Gasteiger partial charge is 0.403 e. The number of hydrogen-bond acceptors (Lipinski definition) is 0. The maximum absolute atomic E-state index is 12.3. The third-order valence-corrected chi connectivity index (χ3v) is 2.91. The Labute approximate surface area is 109 Å². The van der Waals surface area contributed by atoms with Gasteiger partial charge >= 0.3 is 12.4 Å². The first-order valence-electron chi connectivity index (χ1n) is 6.20. The van der Waals surface area contributed by atoms with Gasteiger partial charge in [-0.25, -0.2) is 0 Å². The van der Waals surface area contributed by atoms with Gasteiger partial charge in [0, 0.05) is 0 Å². The summed E-state index contributed by atoms with van der Waals surface area (Å²) in [6.45, 7) is 5.65. The van der Waals surface area contributed by atoms with Gasteiger partial charge in [0.1, 0.15) is 0 Å². The van der Waals surface area contributed by atoms with E-state index in [1.54, 1.807) is 0 Å². The van der Waals surface area contributed by atoms with Crippen molar-refractivity contribution in [3.63, 3.8) is 0 Å². The standard InChI is InChI=1S/C13H20F6/c1-4-5-8-11(2,3)9-6-7-10(12(14,15)16)13(17,18)19/h6-7,10H,4-5,8-9H2,1-3H3/b7-6-. The van der Waals surface area contributed by atoms with Crippen molar-refractivity contribution in [3.8, 4) is 0 Å². The molecule has 0 radical (unpaired) electrons. The second-order valence-electron chi connectivity index (χ2n) is 5.46. The van der Waals surface area contributed by atoms with E-state index in [0.717, 1.165) is 25.3 Å². The highest BCUT2D eigenvalue weighted by molar-refractivity contribution is 4.97. The average Bonchev–Trinajstić information content (AvgIpc) is 2.18. The predicted octanol–water partition coefficient (Wildman–Crippen LogP) is 5.89. The molecule has 0 aromatic heterocycles. The molecule has 0 aliphatic carbocycles. The molecule has 0 fully saturated rings. The van der Waals surface area contributed by atoms with Gasteiger partial charge in [0.15, 0.2) is 5.92 Å². The van der Waals surface area contributed by atoms with E-state index in [0.29, 0.717) is 0 Å². The Bertz CT molecular complexity index is 270. The fourth-order valence-corrected chi connectivity index (χ4v) is 1.68. The van der Waals surface area contributed by atoms with Crippen LogP contribution in [0.3, 0.4) is 0 Å². The summed E-state index contributed by atoms with van der Waals surface area (Å²) in [5.41, 5.74) is -0.283. The molecular weight excluding hydrogens is 270 g/mol. The van der Waals surface area contributed by atoms with Gasteiger partial charge in [-0.1, -0.05) is 45.8 Å². The highest BCUT2D eigenvalue weighted by Crippen LogP contribution is 2.40. The Morgan fingerprint density at radius 2 is 1.42 bits per heavy atom. The van der Waals surface area contributed by atoms with Crippen molar-refractivity contribution in [2.75, 3.05) is 0 Å². The van der Waals surface area contributed by atoms with Crippen LogP contribution in [0.1, 0.15) is 46.5 Å². The third kappa shape index (κ3) is 7.47. The van der Waals surface area contributed by atoms with Crippen molar-refractivity contribution in [2.24, 2.45) is 11.3 Å². The van der Waals surface area contributed by atoms with Gasteiger partial charge in [0.25, 0.3) is 0 Å². The molecule has 0 aliphatic rings. The molecule has 19 heavy (non-hydrogen) atoms. The van der Waals surface area contributed by atoms with Crippen LogP contribution in [-0.4, -0.2) is 12.4 Å². The fraction of sp³-hybridized carbons (Fsp3) is 0.846. The molecule has 0 rings (SSSR count). The summed E-state index contributed by atoms with van der Waals surface area (Å²) in [5.74, 6) is -3.37. The molecule has 0 bridgehead atoms. The third-order valence-electron chi connectivity index (χ3n) is 2.91. The molecule has 114 valence electrons. The fourth-order valence-electron chi connectivity index (χ4n) is 1.68. The normalized spacial score (nSPS) is 14.6. The molecule has 0 aliphatic heterocycles. The lowest BCUT2D eigenvalue weighted by atomic mass is 9.83. The summed E-state index contributed by atoms with van der Waals surface area (Å²) in [5, 5.41) is 0. The SMILES string of the molecule is CCCCC(C)(C)C/C=C\C(C(F)(F)F)C(F)(F)F. The van der Waals surface area contributed by atoms with Crippen LogP contribution in [0.5, 0.6) is 0 Å². The lowest BCUT2D eigenvalue weighted by molar-refractivity contribution is -0.267. The predicted molar refractivity (Wildman–Crippen MR) is 62.7 cm³/mol. The molecule has 0 atom stereocenters. The van der Waals surface area contributed by atoms with Crippen LogP contribution < -0.4 is 0 Å². The van der Waals surface area contributed by atoms with Crippen molar-refractivity contribution in [3.05, 3.63) is 12.2 Å². The van der Waals surface area contributed by atoms with Crippen LogP contribution >= 0.6 is 0 Å². The van der Waals surface area contributed by atoms with Gasteiger partial charge in [-0.05, 0) is 18.3 Å². The zero-order valence-corrected chi connectivity index (χ0v) is 11.3. The number of unbranched alkanes of at least 4 members (excludes halogenated alkanes) is 1. The first-order valence-corrected chi connectivity index (χ1v) is 6.20. The summed E-state index contributed by atoms with van der Waals surface area (Å²) in [7, 11) is 0. The molecule has 6 heteroatoms. The van der Waals surface area contributed by atoms with E-state index in [1.165, 1.54) is 0 Å². The Hall–Kier alpha value is -0.680. The lowest BCUT2D eigenvalue weighted by Crippen LogP contribution is -2.34. The zero-order chi connectivity index (χ0) is 15.3. The minimum absolute atomic E-state index is 0.204. The highest BCUT2D eigenvalue weighted by Gasteiger charge is 2.54. The van der Waals surface area contributed by atoms with E-state index >= 15 is 0 Å². The number of rotatable bonds is 6. The molecule has 0 spiro atoms. The van der Waals surface area contributed by atoms with E-state index in [-0.39, 0.29) is 17.9 Å². The first kappa shape index (κ1) is 18.3. The highest BCUT2D eigenvalue weighted by atomic mass is 19.4. The van der Waals surface area contributed by atoms with Gasteiger partial charge in [-0.3, -0.25) is 0 Å². The van der Waals surface area contributed by atoms with Crippen LogP contribution in [0.4, 0.5) is 26.3 Å². The minimum atomic E-state index is -5.29. The Balaban J connectivity index is 4.66. The minimum Gasteiger partial charge on any atom is -0.170 e. The number of alkyl halides is 6. The van der Waals surface area contributed by atoms with Crippen LogP contribution in [0.2, 0.25) is 0 Å². The Morgan fingerprint density at radius 3 is 1.79 bits per heavy atom. The molecule has 0 aromatic rings. The Kier molecular flexibility index (Phi) is 6.42. The number of allylic oxidation sites excluding steroid dienone is 2. The van der Waals surface area contributed by atoms with Crippen molar-refractivity contribution in [1.82, 2.24) is 0 Å². The Morgan fingerprint density at radius 1 is 0.947 bits per heavy atom. The quantitative estimate of drug-likeness (QED) is 0.422. The summed E-state index contributed by atoms with van der Waals surface area (Å²) >= 11 is 0. The van der Waals surface area contributed by atoms with E-state index in [4.69, 9.17) is 0 Å². The van der Waals surface area contributed by atoms with Gasteiger partial charge in [0.2, 0.25) is 0 Å². The summed E-state index contributed by atoms with van der Waals surface area (Å²) < 4.78 is 73.6. The van der Waals surface area contributed by atoms with Gasteiger partial charge in [0.05, 0.1) is 0 Å². The van der Waals surface area contributed by atoms with Crippen molar-refractivity contribution in [2.45, 2.75) is 58.8 Å². The van der Waals surface area contributed by atoms with Gasteiger partial charge < -0.3 is 0 Å². The molecule has 0 aromatic carbocycles. The second kappa shape index (κ2) is 6.66. The number of hydrogen-bond donors (Lipinski definition) is 0. The molecule has 0 heterocycles. The maximum atomic E-state index is 12.3. The van der Waals surface area contributed by atoms with Crippen LogP contribution in [0, 0.1) is 11.3 Å². The van der Waals surface area contributed by atoms with E-state index in [2.05, 4.69) is 0 Å².